The van der Waals surface area contributed by atoms with Crippen molar-refractivity contribution in [2.75, 3.05) is 5.32 Å². The highest BCUT2D eigenvalue weighted by atomic mass is 14.9. The molecule has 2 nitrogen and oxygen atoms in total. The lowest BCUT2D eigenvalue weighted by Crippen LogP contribution is -2.33. The predicted octanol–water partition coefficient (Wildman–Crippen LogP) is 5.49. The summed E-state index contributed by atoms with van der Waals surface area (Å²) in [7, 11) is 0. The third-order valence-corrected chi connectivity index (χ3v) is 4.79. The Kier molecular flexibility index (Phi) is 4.42. The Labute approximate surface area is 154 Å². The van der Waals surface area contributed by atoms with Crippen molar-refractivity contribution >= 4 is 11.4 Å². The lowest BCUT2D eigenvalue weighted by Gasteiger charge is -2.27. The number of rotatable bonds is 4. The van der Waals surface area contributed by atoms with Crippen molar-refractivity contribution in [3.05, 3.63) is 120 Å². The van der Waals surface area contributed by atoms with Crippen LogP contribution in [0.3, 0.4) is 0 Å². The summed E-state index contributed by atoms with van der Waals surface area (Å²) in [5.41, 5.74) is 10.6. The molecular formula is C24H22N2. The molecule has 0 radical (unpaired) electrons. The van der Waals surface area contributed by atoms with Crippen molar-refractivity contribution in [2.24, 2.45) is 5.73 Å². The van der Waals surface area contributed by atoms with Gasteiger partial charge in [-0.25, -0.2) is 0 Å². The maximum absolute atomic E-state index is 6.55. The molecular weight excluding hydrogens is 316 g/mol. The minimum absolute atomic E-state index is 0.251. The van der Waals surface area contributed by atoms with Crippen LogP contribution in [0.5, 0.6) is 0 Å². The van der Waals surface area contributed by atoms with Gasteiger partial charge < -0.3 is 11.1 Å². The number of para-hydroxylation sites is 1. The number of allylic oxidation sites excluding steroid dienone is 2. The summed E-state index contributed by atoms with van der Waals surface area (Å²) in [5.74, 6) is 0.251. The van der Waals surface area contributed by atoms with E-state index >= 15 is 0 Å². The molecule has 0 saturated heterocycles. The zero-order chi connectivity index (χ0) is 17.8. The van der Waals surface area contributed by atoms with Crippen molar-refractivity contribution in [3.8, 4) is 0 Å². The summed E-state index contributed by atoms with van der Waals surface area (Å²) < 4.78 is 0. The van der Waals surface area contributed by atoms with E-state index in [0.29, 0.717) is 0 Å². The summed E-state index contributed by atoms with van der Waals surface area (Å²) in [6.45, 7) is 0. The Morgan fingerprint density at radius 2 is 1.19 bits per heavy atom. The molecule has 0 unspecified atom stereocenters. The van der Waals surface area contributed by atoms with Crippen molar-refractivity contribution in [2.45, 2.75) is 11.5 Å². The SMILES string of the molecule is NC1(c2ccccc2)C=CC(c2ccc(Nc3ccccc3)cc2)C=C1. The minimum Gasteiger partial charge on any atom is -0.356 e. The molecule has 0 bridgehead atoms. The summed E-state index contributed by atoms with van der Waals surface area (Å²) in [5, 5.41) is 3.41. The van der Waals surface area contributed by atoms with Crippen molar-refractivity contribution in [1.82, 2.24) is 0 Å². The number of hydrogen-bond acceptors (Lipinski definition) is 2. The van der Waals surface area contributed by atoms with Crippen LogP contribution in [0.1, 0.15) is 17.0 Å². The molecule has 3 aromatic carbocycles. The van der Waals surface area contributed by atoms with E-state index in [4.69, 9.17) is 5.73 Å². The molecule has 4 rings (SSSR count). The largest absolute Gasteiger partial charge is 0.356 e. The molecule has 128 valence electrons. The molecule has 0 spiro atoms. The van der Waals surface area contributed by atoms with E-state index in [1.165, 1.54) is 5.56 Å². The van der Waals surface area contributed by atoms with Crippen LogP contribution in [0.4, 0.5) is 11.4 Å². The summed E-state index contributed by atoms with van der Waals surface area (Å²) >= 11 is 0. The number of nitrogens with one attached hydrogen (secondary N) is 1. The van der Waals surface area contributed by atoms with E-state index in [-0.39, 0.29) is 5.92 Å². The van der Waals surface area contributed by atoms with Gasteiger partial charge in [-0.15, -0.1) is 0 Å². The minimum atomic E-state index is -0.521. The maximum Gasteiger partial charge on any atom is 0.0783 e. The first-order valence-corrected chi connectivity index (χ1v) is 8.88. The molecule has 26 heavy (non-hydrogen) atoms. The monoisotopic (exact) mass is 338 g/mol. The smallest absolute Gasteiger partial charge is 0.0783 e. The van der Waals surface area contributed by atoms with Crippen LogP contribution in [0.25, 0.3) is 0 Å². The molecule has 3 aromatic rings. The number of hydrogen-bond donors (Lipinski definition) is 2. The van der Waals surface area contributed by atoms with Gasteiger partial charge in [0.25, 0.3) is 0 Å². The van der Waals surface area contributed by atoms with Gasteiger partial charge >= 0.3 is 0 Å². The number of anilines is 2. The molecule has 0 amide bonds. The third-order valence-electron chi connectivity index (χ3n) is 4.79. The Morgan fingerprint density at radius 3 is 1.81 bits per heavy atom. The van der Waals surface area contributed by atoms with E-state index in [0.717, 1.165) is 16.9 Å². The Morgan fingerprint density at radius 1 is 0.654 bits per heavy atom. The van der Waals surface area contributed by atoms with Crippen LogP contribution in [0.2, 0.25) is 0 Å². The zero-order valence-corrected chi connectivity index (χ0v) is 14.5. The molecule has 0 aromatic heterocycles. The maximum atomic E-state index is 6.55. The first-order valence-electron chi connectivity index (χ1n) is 8.88. The summed E-state index contributed by atoms with van der Waals surface area (Å²) in [4.78, 5) is 0. The zero-order valence-electron chi connectivity index (χ0n) is 14.5. The second-order valence-electron chi connectivity index (χ2n) is 6.66. The van der Waals surface area contributed by atoms with Crippen LogP contribution in [-0.2, 0) is 5.54 Å². The van der Waals surface area contributed by atoms with Crippen LogP contribution < -0.4 is 11.1 Å². The van der Waals surface area contributed by atoms with Gasteiger partial charge in [-0.1, -0.05) is 85.0 Å². The Hall–Kier alpha value is -3.10. The van der Waals surface area contributed by atoms with Crippen molar-refractivity contribution in [3.63, 3.8) is 0 Å². The Balaban J connectivity index is 1.48. The second kappa shape index (κ2) is 7.03. The second-order valence-corrected chi connectivity index (χ2v) is 6.66. The molecule has 1 aliphatic rings. The van der Waals surface area contributed by atoms with Gasteiger partial charge in [0.15, 0.2) is 0 Å². The molecule has 3 N–H and O–H groups in total. The average Bonchev–Trinajstić information content (AvgIpc) is 2.71. The molecule has 0 aliphatic heterocycles. The molecule has 2 heteroatoms. The van der Waals surface area contributed by atoms with E-state index in [1.54, 1.807) is 0 Å². The van der Waals surface area contributed by atoms with Crippen LogP contribution in [0, 0.1) is 0 Å². The van der Waals surface area contributed by atoms with E-state index in [9.17, 15) is 0 Å². The first kappa shape index (κ1) is 16.4. The fourth-order valence-corrected chi connectivity index (χ4v) is 3.26. The summed E-state index contributed by atoms with van der Waals surface area (Å²) in [6, 6.07) is 28.9. The molecule has 0 saturated carbocycles. The van der Waals surface area contributed by atoms with Crippen LogP contribution in [-0.4, -0.2) is 0 Å². The van der Waals surface area contributed by atoms with Gasteiger partial charge in [0.05, 0.1) is 5.54 Å². The van der Waals surface area contributed by atoms with Gasteiger partial charge in [0, 0.05) is 17.3 Å². The number of benzene rings is 3. The molecule has 1 aliphatic carbocycles. The van der Waals surface area contributed by atoms with Gasteiger partial charge in [-0.2, -0.15) is 0 Å². The van der Waals surface area contributed by atoms with E-state index in [2.05, 4.69) is 78.2 Å². The lowest BCUT2D eigenvalue weighted by atomic mass is 9.82. The third kappa shape index (κ3) is 3.46. The quantitative estimate of drug-likeness (QED) is 0.617. The summed E-state index contributed by atoms with van der Waals surface area (Å²) in [6.07, 6.45) is 8.57. The lowest BCUT2D eigenvalue weighted by molar-refractivity contribution is 0.690. The fourth-order valence-electron chi connectivity index (χ4n) is 3.26. The highest BCUT2D eigenvalue weighted by molar-refractivity contribution is 5.60. The predicted molar refractivity (Wildman–Crippen MR) is 109 cm³/mol. The van der Waals surface area contributed by atoms with Crippen molar-refractivity contribution < 1.29 is 0 Å². The van der Waals surface area contributed by atoms with Gasteiger partial charge in [-0.05, 0) is 35.4 Å². The molecule has 0 atom stereocenters. The molecule has 0 fully saturated rings. The topological polar surface area (TPSA) is 38.0 Å². The highest BCUT2D eigenvalue weighted by Gasteiger charge is 2.24. The first-order chi connectivity index (χ1) is 12.7. The van der Waals surface area contributed by atoms with Crippen molar-refractivity contribution in [1.29, 1.82) is 0 Å². The number of nitrogens with two attached hydrogens (primary N) is 1. The van der Waals surface area contributed by atoms with E-state index in [1.807, 2.05) is 36.4 Å². The normalized spacial score (nSPS) is 21.5. The van der Waals surface area contributed by atoms with Crippen LogP contribution in [0.15, 0.2) is 109 Å². The van der Waals surface area contributed by atoms with E-state index < -0.39 is 5.54 Å². The average molecular weight is 338 g/mol. The Bertz CT molecular complexity index is 895. The van der Waals surface area contributed by atoms with Gasteiger partial charge in [0.2, 0.25) is 0 Å². The molecule has 0 heterocycles. The van der Waals surface area contributed by atoms with Gasteiger partial charge in [0.1, 0.15) is 0 Å². The van der Waals surface area contributed by atoms with Gasteiger partial charge in [-0.3, -0.25) is 0 Å². The standard InChI is InChI=1S/C24H22N2/c25-24(21-7-3-1-4-8-21)17-15-20(16-18-24)19-11-13-23(14-12-19)26-22-9-5-2-6-10-22/h1-18,20,26H,25H2. The van der Waals surface area contributed by atoms with Crippen LogP contribution >= 0.6 is 0 Å². The fraction of sp³-hybridized carbons (Fsp3) is 0.0833. The highest BCUT2D eigenvalue weighted by Crippen LogP contribution is 2.31.